The summed E-state index contributed by atoms with van der Waals surface area (Å²) in [6, 6.07) is 16.7. The molecule has 1 unspecified atom stereocenters. The Kier molecular flexibility index (Phi) is 8.20. The first kappa shape index (κ1) is 24.7. The van der Waals surface area contributed by atoms with Gasteiger partial charge in [-0.25, -0.2) is 8.42 Å². The van der Waals surface area contributed by atoms with Crippen LogP contribution in [0, 0.1) is 5.92 Å². The van der Waals surface area contributed by atoms with Crippen LogP contribution in [0.15, 0.2) is 59.5 Å². The van der Waals surface area contributed by atoms with Gasteiger partial charge in [-0.3, -0.25) is 9.69 Å². The van der Waals surface area contributed by atoms with Crippen LogP contribution in [-0.2, 0) is 26.1 Å². The highest BCUT2D eigenvalue weighted by Gasteiger charge is 2.32. The minimum atomic E-state index is -3.58. The molecule has 34 heavy (non-hydrogen) atoms. The molecule has 2 aliphatic heterocycles. The second kappa shape index (κ2) is 11.3. The van der Waals surface area contributed by atoms with E-state index in [9.17, 15) is 13.2 Å². The van der Waals surface area contributed by atoms with Crippen LogP contribution >= 0.6 is 0 Å². The van der Waals surface area contributed by atoms with Gasteiger partial charge in [0, 0.05) is 45.2 Å². The molecule has 0 aliphatic carbocycles. The van der Waals surface area contributed by atoms with E-state index in [-0.39, 0.29) is 22.8 Å². The summed E-state index contributed by atoms with van der Waals surface area (Å²) in [6.07, 6.45) is 0.969. The van der Waals surface area contributed by atoms with Crippen LogP contribution in [0.1, 0.15) is 18.4 Å². The molecular weight excluding hydrogens is 454 g/mol. The van der Waals surface area contributed by atoms with E-state index >= 15 is 0 Å². The molecule has 2 aliphatic rings. The minimum Gasteiger partial charge on any atom is -0.497 e. The number of morpholine rings is 1. The quantitative estimate of drug-likeness (QED) is 0.614. The normalized spacial score (nSPS) is 20.7. The topological polar surface area (TPSA) is 88.2 Å². The molecule has 9 heteroatoms. The maximum Gasteiger partial charge on any atom is 0.243 e. The number of hydrogen-bond acceptors (Lipinski definition) is 6. The Labute approximate surface area is 201 Å². The Morgan fingerprint density at radius 3 is 2.44 bits per heavy atom. The number of rotatable bonds is 8. The van der Waals surface area contributed by atoms with Crippen LogP contribution in [0.2, 0.25) is 0 Å². The van der Waals surface area contributed by atoms with Crippen molar-refractivity contribution in [1.29, 1.82) is 0 Å². The number of amides is 1. The van der Waals surface area contributed by atoms with Gasteiger partial charge in [0.25, 0.3) is 0 Å². The molecule has 0 spiro atoms. The van der Waals surface area contributed by atoms with Gasteiger partial charge in [-0.15, -0.1) is 0 Å². The number of sulfonamides is 1. The summed E-state index contributed by atoms with van der Waals surface area (Å²) in [7, 11) is -2.03. The number of hydrogen-bond donors (Lipinski definition) is 1. The summed E-state index contributed by atoms with van der Waals surface area (Å²) >= 11 is 0. The SMILES string of the molecule is COc1ccc(S(=O)(=O)N2CCC(C(=O)NCC3CN(Cc4ccccc4)CCO3)CC2)cc1. The van der Waals surface area contributed by atoms with Crippen LogP contribution < -0.4 is 10.1 Å². The second-order valence-corrected chi connectivity index (χ2v) is 10.8. The minimum absolute atomic E-state index is 0.0229. The highest BCUT2D eigenvalue weighted by atomic mass is 32.2. The van der Waals surface area contributed by atoms with Gasteiger partial charge in [-0.2, -0.15) is 4.31 Å². The average Bonchev–Trinajstić information content (AvgIpc) is 2.88. The Balaban J connectivity index is 1.22. The van der Waals surface area contributed by atoms with E-state index in [4.69, 9.17) is 9.47 Å². The molecule has 2 aromatic carbocycles. The monoisotopic (exact) mass is 487 g/mol. The van der Waals surface area contributed by atoms with Gasteiger partial charge in [0.1, 0.15) is 5.75 Å². The third kappa shape index (κ3) is 6.15. The van der Waals surface area contributed by atoms with E-state index in [2.05, 4.69) is 22.3 Å². The highest BCUT2D eigenvalue weighted by Crippen LogP contribution is 2.25. The van der Waals surface area contributed by atoms with Crippen molar-refractivity contribution >= 4 is 15.9 Å². The van der Waals surface area contributed by atoms with Crippen LogP contribution in [0.3, 0.4) is 0 Å². The summed E-state index contributed by atoms with van der Waals surface area (Å²) in [5.41, 5.74) is 1.27. The van der Waals surface area contributed by atoms with Gasteiger partial charge in [0.2, 0.25) is 15.9 Å². The van der Waals surface area contributed by atoms with Crippen LogP contribution in [0.4, 0.5) is 0 Å². The van der Waals surface area contributed by atoms with Crippen molar-refractivity contribution in [2.24, 2.45) is 5.92 Å². The standard InChI is InChI=1S/C25H33N3O5S/c1-32-22-7-9-24(10-8-22)34(30,31)28-13-11-21(12-14-28)25(29)26-17-23-19-27(15-16-33-23)18-20-5-3-2-4-6-20/h2-10,21,23H,11-19H2,1H3,(H,26,29). The van der Waals surface area contributed by atoms with Crippen LogP contribution in [0.5, 0.6) is 5.75 Å². The van der Waals surface area contributed by atoms with Crippen LogP contribution in [-0.4, -0.2) is 76.1 Å². The molecule has 1 atom stereocenters. The van der Waals surface area contributed by atoms with Crippen molar-refractivity contribution in [3.05, 3.63) is 60.2 Å². The first-order valence-corrected chi connectivity index (χ1v) is 13.2. The maximum atomic E-state index is 12.9. The molecule has 0 bridgehead atoms. The lowest BCUT2D eigenvalue weighted by Crippen LogP contribution is -2.49. The molecule has 2 aromatic rings. The lowest BCUT2D eigenvalue weighted by atomic mass is 9.97. The van der Waals surface area contributed by atoms with Gasteiger partial charge in [0.05, 0.1) is 24.7 Å². The van der Waals surface area contributed by atoms with Gasteiger partial charge in [0.15, 0.2) is 0 Å². The molecule has 2 saturated heterocycles. The van der Waals surface area contributed by atoms with E-state index in [1.807, 2.05) is 18.2 Å². The van der Waals surface area contributed by atoms with E-state index < -0.39 is 10.0 Å². The summed E-state index contributed by atoms with van der Waals surface area (Å²) in [6.45, 7) is 4.29. The summed E-state index contributed by atoms with van der Waals surface area (Å²) < 4.78 is 38.3. The van der Waals surface area contributed by atoms with Crippen molar-refractivity contribution < 1.29 is 22.7 Å². The lowest BCUT2D eigenvalue weighted by molar-refractivity contribution is -0.127. The fourth-order valence-electron chi connectivity index (χ4n) is 4.50. The van der Waals surface area contributed by atoms with Gasteiger partial charge in [-0.05, 0) is 42.7 Å². The Bertz CT molecular complexity index is 1040. The number of nitrogens with one attached hydrogen (secondary N) is 1. The number of carbonyl (C=O) groups excluding carboxylic acids is 1. The molecule has 8 nitrogen and oxygen atoms in total. The molecular formula is C25H33N3O5S. The number of nitrogens with zero attached hydrogens (tertiary/aromatic N) is 2. The molecule has 2 heterocycles. The summed E-state index contributed by atoms with van der Waals surface area (Å²) in [5.74, 6) is 0.399. The molecule has 1 N–H and O–H groups in total. The van der Waals surface area contributed by atoms with Crippen molar-refractivity contribution in [2.75, 3.05) is 46.4 Å². The Morgan fingerprint density at radius 1 is 1.06 bits per heavy atom. The van der Waals surface area contributed by atoms with E-state index in [0.29, 0.717) is 44.8 Å². The highest BCUT2D eigenvalue weighted by molar-refractivity contribution is 7.89. The molecule has 0 saturated carbocycles. The fraction of sp³-hybridized carbons (Fsp3) is 0.480. The van der Waals surface area contributed by atoms with E-state index in [0.717, 1.165) is 19.6 Å². The lowest BCUT2D eigenvalue weighted by Gasteiger charge is -2.34. The maximum absolute atomic E-state index is 12.9. The predicted octanol–water partition coefficient (Wildman–Crippen LogP) is 2.11. The van der Waals surface area contributed by atoms with Crippen molar-refractivity contribution in [3.8, 4) is 5.75 Å². The largest absolute Gasteiger partial charge is 0.497 e. The molecule has 2 fully saturated rings. The third-order valence-electron chi connectivity index (χ3n) is 6.50. The number of benzene rings is 2. The first-order valence-electron chi connectivity index (χ1n) is 11.8. The Morgan fingerprint density at radius 2 is 1.76 bits per heavy atom. The molecule has 184 valence electrons. The zero-order valence-electron chi connectivity index (χ0n) is 19.6. The number of methoxy groups -OCH3 is 1. The fourth-order valence-corrected chi connectivity index (χ4v) is 5.97. The van der Waals surface area contributed by atoms with E-state index in [1.54, 1.807) is 31.4 Å². The molecule has 1 amide bonds. The number of ether oxygens (including phenoxy) is 2. The third-order valence-corrected chi connectivity index (χ3v) is 8.41. The smallest absolute Gasteiger partial charge is 0.243 e. The first-order chi connectivity index (χ1) is 16.5. The molecule has 0 aromatic heterocycles. The summed E-state index contributed by atoms with van der Waals surface area (Å²) in [5, 5.41) is 3.03. The predicted molar refractivity (Wildman–Crippen MR) is 129 cm³/mol. The van der Waals surface area contributed by atoms with Gasteiger partial charge < -0.3 is 14.8 Å². The summed E-state index contributed by atoms with van der Waals surface area (Å²) in [4.78, 5) is 15.3. The van der Waals surface area contributed by atoms with Crippen LogP contribution in [0.25, 0.3) is 0 Å². The van der Waals surface area contributed by atoms with E-state index in [1.165, 1.54) is 9.87 Å². The van der Waals surface area contributed by atoms with Gasteiger partial charge >= 0.3 is 0 Å². The zero-order valence-corrected chi connectivity index (χ0v) is 20.4. The number of piperidine rings is 1. The van der Waals surface area contributed by atoms with Crippen molar-refractivity contribution in [2.45, 2.75) is 30.4 Å². The van der Waals surface area contributed by atoms with Crippen molar-refractivity contribution in [1.82, 2.24) is 14.5 Å². The van der Waals surface area contributed by atoms with Crippen molar-refractivity contribution in [3.63, 3.8) is 0 Å². The molecule has 4 rings (SSSR count). The average molecular weight is 488 g/mol. The number of carbonyl (C=O) groups is 1. The van der Waals surface area contributed by atoms with Gasteiger partial charge in [-0.1, -0.05) is 30.3 Å². The molecule has 0 radical (unpaired) electrons. The zero-order chi connectivity index (χ0) is 24.0. The Hall–Kier alpha value is -2.46. The second-order valence-electron chi connectivity index (χ2n) is 8.81.